The Morgan fingerprint density at radius 3 is 2.48 bits per heavy atom. The lowest BCUT2D eigenvalue weighted by atomic mass is 10.4. The zero-order valence-corrected chi connectivity index (χ0v) is 17.0. The van der Waals surface area contributed by atoms with Crippen LogP contribution in [-0.2, 0) is 31.1 Å². The smallest absolute Gasteiger partial charge is 0.373 e. The van der Waals surface area contributed by atoms with Crippen LogP contribution >= 0.6 is 0 Å². The molecule has 0 amide bonds. The second kappa shape index (κ2) is 7.72. The van der Waals surface area contributed by atoms with E-state index in [-0.39, 0.29) is 27.8 Å². The van der Waals surface area contributed by atoms with Crippen molar-refractivity contribution in [3.05, 3.63) is 60.3 Å². The highest BCUT2D eigenvalue weighted by atomic mass is 32.2. The van der Waals surface area contributed by atoms with Gasteiger partial charge in [-0.3, -0.25) is 9.40 Å². The molecule has 12 heteroatoms. The highest BCUT2D eigenvalue weighted by molar-refractivity contribution is 7.95. The Morgan fingerprint density at radius 2 is 1.83 bits per heavy atom. The summed E-state index contributed by atoms with van der Waals surface area (Å²) in [5.74, 6) is -0.173. The number of aromatic nitrogens is 2. The van der Waals surface area contributed by atoms with Gasteiger partial charge in [-0.2, -0.15) is 5.10 Å². The Bertz CT molecular complexity index is 1260. The lowest BCUT2D eigenvalue weighted by molar-refractivity contribution is 0.0562. The quantitative estimate of drug-likeness (QED) is 0.547. The number of hydrogen-bond acceptors (Lipinski definition) is 8. The summed E-state index contributed by atoms with van der Waals surface area (Å²) in [5.41, 5.74) is 0.132. The minimum atomic E-state index is -4.16. The van der Waals surface area contributed by atoms with Crippen LogP contribution in [0.5, 0.6) is 0 Å². The first-order chi connectivity index (χ1) is 13.6. The maximum Gasteiger partial charge on any atom is 0.373 e. The molecule has 0 fully saturated rings. The number of ether oxygens (including phenoxy) is 1. The maximum absolute atomic E-state index is 12.7. The average molecular weight is 439 g/mol. The number of furan rings is 1. The van der Waals surface area contributed by atoms with Crippen LogP contribution in [0.1, 0.15) is 16.3 Å². The van der Waals surface area contributed by atoms with Crippen LogP contribution in [0.15, 0.2) is 63.0 Å². The summed E-state index contributed by atoms with van der Waals surface area (Å²) in [6.07, 6.45) is 3.61. The molecule has 3 rings (SSSR count). The maximum atomic E-state index is 12.7. The minimum Gasteiger partial charge on any atom is -0.463 e. The molecule has 0 saturated carbocycles. The van der Waals surface area contributed by atoms with Crippen LogP contribution in [0.4, 0.5) is 5.69 Å². The Morgan fingerprint density at radius 1 is 1.14 bits per heavy atom. The third kappa shape index (κ3) is 4.66. The van der Waals surface area contributed by atoms with Gasteiger partial charge in [-0.05, 0) is 24.3 Å². The van der Waals surface area contributed by atoms with Gasteiger partial charge in [0, 0.05) is 12.5 Å². The molecule has 1 aromatic carbocycles. The number of sulfone groups is 1. The lowest BCUT2D eigenvalue weighted by Gasteiger charge is -2.09. The number of nitrogens with zero attached hydrogens (tertiary/aromatic N) is 2. The van der Waals surface area contributed by atoms with E-state index < -0.39 is 25.8 Å². The van der Waals surface area contributed by atoms with E-state index in [0.29, 0.717) is 5.76 Å². The number of esters is 1. The van der Waals surface area contributed by atoms with Crippen LogP contribution in [0.2, 0.25) is 0 Å². The van der Waals surface area contributed by atoms with Crippen LogP contribution in [0.25, 0.3) is 0 Å². The van der Waals surface area contributed by atoms with Crippen molar-refractivity contribution < 1.29 is 30.8 Å². The summed E-state index contributed by atoms with van der Waals surface area (Å²) in [5, 5.41) is 4.03. The van der Waals surface area contributed by atoms with Crippen molar-refractivity contribution in [2.24, 2.45) is 0 Å². The summed E-state index contributed by atoms with van der Waals surface area (Å²) >= 11 is 0. The fourth-order valence-electron chi connectivity index (χ4n) is 2.52. The zero-order chi connectivity index (χ0) is 21.2. The van der Waals surface area contributed by atoms with Crippen molar-refractivity contribution in [2.45, 2.75) is 16.3 Å². The van der Waals surface area contributed by atoms with E-state index in [9.17, 15) is 21.6 Å². The number of benzene rings is 1. The van der Waals surface area contributed by atoms with Gasteiger partial charge in [-0.1, -0.05) is 12.1 Å². The molecule has 0 spiro atoms. The Balaban J connectivity index is 1.80. The molecule has 0 atom stereocenters. The van der Waals surface area contributed by atoms with E-state index in [1.54, 1.807) is 6.07 Å². The van der Waals surface area contributed by atoms with E-state index in [2.05, 4.69) is 14.6 Å². The van der Waals surface area contributed by atoms with Gasteiger partial charge in [0.25, 0.3) is 10.0 Å². The highest BCUT2D eigenvalue weighted by Gasteiger charge is 2.24. The summed E-state index contributed by atoms with van der Waals surface area (Å²) in [7, 11) is -6.67. The third-order valence-corrected chi connectivity index (χ3v) is 6.51. The molecular formula is C17H17N3O7S2. The Labute approximate surface area is 167 Å². The normalized spacial score (nSPS) is 11.9. The molecule has 3 aromatic rings. The van der Waals surface area contributed by atoms with Gasteiger partial charge in [0.2, 0.25) is 5.76 Å². The van der Waals surface area contributed by atoms with Crippen LogP contribution in [-0.4, -0.2) is 46.0 Å². The summed E-state index contributed by atoms with van der Waals surface area (Å²) in [6, 6.07) is 8.34. The molecule has 0 aliphatic carbocycles. The number of sulfonamides is 1. The topological polar surface area (TPSA) is 138 Å². The molecule has 0 aliphatic heterocycles. The molecule has 29 heavy (non-hydrogen) atoms. The molecule has 10 nitrogen and oxygen atoms in total. The van der Waals surface area contributed by atoms with Crippen molar-refractivity contribution in [3.63, 3.8) is 0 Å². The van der Waals surface area contributed by atoms with E-state index >= 15 is 0 Å². The molecule has 0 saturated heterocycles. The number of carbonyl (C=O) groups is 1. The van der Waals surface area contributed by atoms with Crippen molar-refractivity contribution in [2.75, 3.05) is 18.1 Å². The van der Waals surface area contributed by atoms with E-state index in [0.717, 1.165) is 6.26 Å². The van der Waals surface area contributed by atoms with Gasteiger partial charge in [-0.15, -0.1) is 0 Å². The third-order valence-electron chi connectivity index (χ3n) is 3.79. The molecule has 0 bridgehead atoms. The number of nitrogens with one attached hydrogen (secondary N) is 1. The van der Waals surface area contributed by atoms with Crippen LogP contribution in [0, 0.1) is 0 Å². The molecule has 1 N–H and O–H groups in total. The molecule has 0 aliphatic rings. The average Bonchev–Trinajstić information content (AvgIpc) is 3.30. The van der Waals surface area contributed by atoms with Crippen molar-refractivity contribution in [3.8, 4) is 0 Å². The molecule has 2 aromatic heterocycles. The summed E-state index contributed by atoms with van der Waals surface area (Å²) in [6.45, 7) is 0.138. The van der Waals surface area contributed by atoms with Gasteiger partial charge >= 0.3 is 5.97 Å². The second-order valence-corrected chi connectivity index (χ2v) is 9.64. The number of carbonyl (C=O) groups excluding carboxylic acids is 1. The van der Waals surface area contributed by atoms with Crippen molar-refractivity contribution >= 4 is 31.5 Å². The first-order valence-electron chi connectivity index (χ1n) is 8.11. The Hall–Kier alpha value is -3.12. The SMILES string of the molecule is COC(=O)c1ccc(Cn2cc(NS(=O)(=O)c3ccccc3S(C)(=O)=O)cn2)o1. The molecule has 154 valence electrons. The monoisotopic (exact) mass is 439 g/mol. The fourth-order valence-corrected chi connectivity index (χ4v) is 5.18. The Kier molecular flexibility index (Phi) is 5.48. The van der Waals surface area contributed by atoms with Gasteiger partial charge in [0.15, 0.2) is 9.84 Å². The van der Waals surface area contributed by atoms with E-state index in [4.69, 9.17) is 4.42 Å². The minimum absolute atomic E-state index is 0.0352. The fraction of sp³-hybridized carbons (Fsp3) is 0.176. The van der Waals surface area contributed by atoms with E-state index in [1.165, 1.54) is 54.5 Å². The molecule has 0 unspecified atom stereocenters. The van der Waals surface area contributed by atoms with Crippen LogP contribution < -0.4 is 4.72 Å². The van der Waals surface area contributed by atoms with Gasteiger partial charge in [0.05, 0.1) is 30.4 Å². The first kappa shape index (κ1) is 20.6. The largest absolute Gasteiger partial charge is 0.463 e. The molecule has 2 heterocycles. The number of rotatable bonds is 7. The summed E-state index contributed by atoms with van der Waals surface area (Å²) < 4.78 is 62.7. The van der Waals surface area contributed by atoms with Gasteiger partial charge < -0.3 is 9.15 Å². The molecular weight excluding hydrogens is 422 g/mol. The number of hydrogen-bond donors (Lipinski definition) is 1. The van der Waals surface area contributed by atoms with Crippen molar-refractivity contribution in [1.82, 2.24) is 9.78 Å². The zero-order valence-electron chi connectivity index (χ0n) is 15.4. The first-order valence-corrected chi connectivity index (χ1v) is 11.5. The number of anilines is 1. The lowest BCUT2D eigenvalue weighted by Crippen LogP contribution is -2.16. The predicted molar refractivity (Wildman–Crippen MR) is 102 cm³/mol. The number of methoxy groups -OCH3 is 1. The second-order valence-electron chi connectivity index (χ2n) is 6.01. The van der Waals surface area contributed by atoms with E-state index in [1.807, 2.05) is 0 Å². The molecule has 0 radical (unpaired) electrons. The van der Waals surface area contributed by atoms with Crippen molar-refractivity contribution in [1.29, 1.82) is 0 Å². The van der Waals surface area contributed by atoms with Gasteiger partial charge in [0.1, 0.15) is 10.7 Å². The van der Waals surface area contributed by atoms with Crippen LogP contribution in [0.3, 0.4) is 0 Å². The predicted octanol–water partition coefficient (Wildman–Crippen LogP) is 1.52. The summed E-state index contributed by atoms with van der Waals surface area (Å²) in [4.78, 5) is 10.8. The van der Waals surface area contributed by atoms with Gasteiger partial charge in [-0.25, -0.2) is 21.6 Å². The highest BCUT2D eigenvalue weighted by Crippen LogP contribution is 2.23. The standard InChI is InChI=1S/C17H17N3O7S2/c1-26-17(21)14-8-7-13(27-14)11-20-10-12(9-18-20)19-29(24,25)16-6-4-3-5-15(16)28(2,22)23/h3-10,19H,11H2,1-2H3.